The molecule has 0 spiro atoms. The van der Waals surface area contributed by atoms with Gasteiger partial charge in [0, 0.05) is 30.6 Å². The Kier molecular flexibility index (Phi) is 11.7. The molecule has 0 aliphatic heterocycles. The Hall–Kier alpha value is -4.54. The number of carbonyl (C=O) groups excluding carboxylic acids is 2. The molecule has 2 amide bonds. The van der Waals surface area contributed by atoms with Crippen LogP contribution in [0.2, 0.25) is 5.02 Å². The molecule has 46 heavy (non-hydrogen) atoms. The fourth-order valence-electron chi connectivity index (χ4n) is 4.98. The van der Waals surface area contributed by atoms with E-state index < -0.39 is 28.5 Å². The predicted octanol–water partition coefficient (Wildman–Crippen LogP) is 5.64. The van der Waals surface area contributed by atoms with Crippen LogP contribution in [0.15, 0.2) is 102 Å². The predicted molar refractivity (Wildman–Crippen MR) is 180 cm³/mol. The molecule has 0 fully saturated rings. The molecule has 4 aromatic rings. The summed E-state index contributed by atoms with van der Waals surface area (Å²) in [6, 6.07) is 26.4. The summed E-state index contributed by atoms with van der Waals surface area (Å²) in [5.74, 6) is -0.243. The Morgan fingerprint density at radius 2 is 1.50 bits per heavy atom. The van der Waals surface area contributed by atoms with Crippen LogP contribution in [0, 0.1) is 6.92 Å². The molecule has 1 N–H and O–H groups in total. The number of halogens is 1. The molecular formula is C35H38ClN3O6S. The molecule has 0 saturated carbocycles. The first-order valence-corrected chi connectivity index (χ1v) is 16.6. The van der Waals surface area contributed by atoms with Crippen LogP contribution in [0.4, 0.5) is 5.69 Å². The van der Waals surface area contributed by atoms with E-state index in [0.717, 1.165) is 21.0 Å². The maximum absolute atomic E-state index is 14.5. The first kappa shape index (κ1) is 34.3. The van der Waals surface area contributed by atoms with Crippen LogP contribution in [0.3, 0.4) is 0 Å². The van der Waals surface area contributed by atoms with Crippen molar-refractivity contribution < 1.29 is 27.5 Å². The SMILES string of the molecule is CCNC(=O)C(Cc1ccccc1)N(Cc1ccc(Cl)cc1)C(=O)CN(c1ccc(OC)c(OC)c1)S(=O)(=O)c1ccc(C)cc1. The molecule has 4 aromatic carbocycles. The zero-order valence-electron chi connectivity index (χ0n) is 26.3. The molecule has 0 aromatic heterocycles. The van der Waals surface area contributed by atoms with E-state index >= 15 is 0 Å². The second-order valence-electron chi connectivity index (χ2n) is 10.6. The molecule has 242 valence electrons. The van der Waals surface area contributed by atoms with Gasteiger partial charge in [0.1, 0.15) is 12.6 Å². The highest BCUT2D eigenvalue weighted by Crippen LogP contribution is 2.34. The third kappa shape index (κ3) is 8.38. The van der Waals surface area contributed by atoms with Gasteiger partial charge in [-0.2, -0.15) is 0 Å². The van der Waals surface area contributed by atoms with Gasteiger partial charge >= 0.3 is 0 Å². The number of hydrogen-bond acceptors (Lipinski definition) is 6. The van der Waals surface area contributed by atoms with Crippen molar-refractivity contribution in [2.24, 2.45) is 0 Å². The maximum Gasteiger partial charge on any atom is 0.264 e. The van der Waals surface area contributed by atoms with Crippen molar-refractivity contribution in [2.75, 3.05) is 31.6 Å². The van der Waals surface area contributed by atoms with E-state index in [0.29, 0.717) is 23.1 Å². The maximum atomic E-state index is 14.5. The molecule has 0 radical (unpaired) electrons. The number of ether oxygens (including phenoxy) is 2. The highest BCUT2D eigenvalue weighted by molar-refractivity contribution is 7.92. The summed E-state index contributed by atoms with van der Waals surface area (Å²) in [7, 11) is -1.34. The van der Waals surface area contributed by atoms with Gasteiger partial charge in [0.15, 0.2) is 11.5 Å². The largest absolute Gasteiger partial charge is 0.493 e. The lowest BCUT2D eigenvalue weighted by molar-refractivity contribution is -0.140. The lowest BCUT2D eigenvalue weighted by atomic mass is 10.0. The molecule has 9 nitrogen and oxygen atoms in total. The number of aryl methyl sites for hydroxylation is 1. The van der Waals surface area contributed by atoms with Crippen LogP contribution < -0.4 is 19.1 Å². The topological polar surface area (TPSA) is 105 Å². The molecule has 1 unspecified atom stereocenters. The summed E-state index contributed by atoms with van der Waals surface area (Å²) in [4.78, 5) is 29.6. The van der Waals surface area contributed by atoms with E-state index in [9.17, 15) is 18.0 Å². The molecule has 1 atom stereocenters. The van der Waals surface area contributed by atoms with Gasteiger partial charge in [0.05, 0.1) is 24.8 Å². The standard InChI is InChI=1S/C35H38ClN3O6S/c1-5-37-35(41)31(21-26-9-7-6-8-10-26)38(23-27-13-15-28(36)16-14-27)34(40)24-39(29-17-20-32(44-3)33(22-29)45-4)46(42,43)30-18-11-25(2)12-19-30/h6-20,22,31H,5,21,23-24H2,1-4H3,(H,37,41). The van der Waals surface area contributed by atoms with Gasteiger partial charge < -0.3 is 19.7 Å². The number of methoxy groups -OCH3 is 2. The van der Waals surface area contributed by atoms with Crippen molar-refractivity contribution in [3.8, 4) is 11.5 Å². The number of nitrogens with zero attached hydrogens (tertiary/aromatic N) is 2. The van der Waals surface area contributed by atoms with E-state index in [4.69, 9.17) is 21.1 Å². The van der Waals surface area contributed by atoms with E-state index in [1.165, 1.54) is 37.3 Å². The average Bonchev–Trinajstić information content (AvgIpc) is 3.06. The summed E-state index contributed by atoms with van der Waals surface area (Å²) >= 11 is 6.14. The number of amides is 2. The van der Waals surface area contributed by atoms with Gasteiger partial charge in [-0.25, -0.2) is 8.42 Å². The number of nitrogens with one attached hydrogen (secondary N) is 1. The van der Waals surface area contributed by atoms with Gasteiger partial charge in [0.2, 0.25) is 11.8 Å². The number of benzene rings is 4. The van der Waals surface area contributed by atoms with E-state index in [1.54, 1.807) is 55.5 Å². The number of hydrogen-bond donors (Lipinski definition) is 1. The zero-order chi connectivity index (χ0) is 33.3. The van der Waals surface area contributed by atoms with Gasteiger partial charge in [-0.15, -0.1) is 0 Å². The van der Waals surface area contributed by atoms with Crippen LogP contribution >= 0.6 is 11.6 Å². The van der Waals surface area contributed by atoms with E-state index in [2.05, 4.69) is 5.32 Å². The Balaban J connectivity index is 1.83. The van der Waals surface area contributed by atoms with E-state index in [1.807, 2.05) is 37.3 Å². The van der Waals surface area contributed by atoms with Crippen molar-refractivity contribution in [3.05, 3.63) is 119 Å². The molecule has 4 rings (SSSR count). The lowest BCUT2D eigenvalue weighted by Gasteiger charge is -2.34. The summed E-state index contributed by atoms with van der Waals surface area (Å²) in [6.07, 6.45) is 0.215. The number of carbonyl (C=O) groups is 2. The fraction of sp³-hybridized carbons (Fsp3) is 0.257. The van der Waals surface area contributed by atoms with E-state index in [-0.39, 0.29) is 29.5 Å². The summed E-state index contributed by atoms with van der Waals surface area (Å²) in [6.45, 7) is 3.45. The quantitative estimate of drug-likeness (QED) is 0.187. The third-order valence-electron chi connectivity index (χ3n) is 7.43. The Bertz CT molecular complexity index is 1730. The highest BCUT2D eigenvalue weighted by atomic mass is 35.5. The van der Waals surface area contributed by atoms with Gasteiger partial charge in [0.25, 0.3) is 10.0 Å². The monoisotopic (exact) mass is 663 g/mol. The van der Waals surface area contributed by atoms with Crippen molar-refractivity contribution in [2.45, 2.75) is 37.8 Å². The molecule has 0 aliphatic carbocycles. The Morgan fingerprint density at radius 3 is 2.11 bits per heavy atom. The Labute approximate surface area is 275 Å². The summed E-state index contributed by atoms with van der Waals surface area (Å²) in [5, 5.41) is 3.38. The van der Waals surface area contributed by atoms with Crippen molar-refractivity contribution >= 4 is 39.1 Å². The molecule has 0 saturated heterocycles. The van der Waals surface area contributed by atoms with Crippen LogP contribution in [0.1, 0.15) is 23.6 Å². The van der Waals surface area contributed by atoms with Crippen LogP contribution in [-0.2, 0) is 32.6 Å². The summed E-state index contributed by atoms with van der Waals surface area (Å²) < 4.78 is 40.3. The first-order chi connectivity index (χ1) is 22.1. The number of anilines is 1. The van der Waals surface area contributed by atoms with Crippen molar-refractivity contribution in [1.29, 1.82) is 0 Å². The normalized spacial score (nSPS) is 11.8. The molecule has 11 heteroatoms. The van der Waals surface area contributed by atoms with Crippen LogP contribution in [0.5, 0.6) is 11.5 Å². The smallest absolute Gasteiger partial charge is 0.264 e. The van der Waals surface area contributed by atoms with Gasteiger partial charge in [-0.3, -0.25) is 13.9 Å². The number of sulfonamides is 1. The van der Waals surface area contributed by atoms with Crippen molar-refractivity contribution in [1.82, 2.24) is 10.2 Å². The molecule has 0 bridgehead atoms. The molecule has 0 heterocycles. The minimum atomic E-state index is -4.27. The van der Waals surface area contributed by atoms with Gasteiger partial charge in [-0.05, 0) is 61.4 Å². The minimum Gasteiger partial charge on any atom is -0.493 e. The molecule has 0 aliphatic rings. The first-order valence-electron chi connectivity index (χ1n) is 14.7. The molecular weight excluding hydrogens is 626 g/mol. The minimum absolute atomic E-state index is 0.00879. The number of rotatable bonds is 14. The Morgan fingerprint density at radius 1 is 0.848 bits per heavy atom. The second kappa shape index (κ2) is 15.6. The zero-order valence-corrected chi connectivity index (χ0v) is 27.8. The average molecular weight is 664 g/mol. The van der Waals surface area contributed by atoms with Crippen LogP contribution in [-0.4, -0.2) is 58.5 Å². The summed E-state index contributed by atoms with van der Waals surface area (Å²) in [5.41, 5.74) is 2.64. The third-order valence-corrected chi connectivity index (χ3v) is 9.47. The second-order valence-corrected chi connectivity index (χ2v) is 12.9. The highest BCUT2D eigenvalue weighted by Gasteiger charge is 2.35. The number of likely N-dealkylation sites (N-methyl/N-ethyl adjacent to an activating group) is 1. The van der Waals surface area contributed by atoms with Gasteiger partial charge in [-0.1, -0.05) is 71.8 Å². The van der Waals surface area contributed by atoms with Crippen molar-refractivity contribution in [3.63, 3.8) is 0 Å². The lowest BCUT2D eigenvalue weighted by Crippen LogP contribution is -2.53. The van der Waals surface area contributed by atoms with Crippen LogP contribution in [0.25, 0.3) is 0 Å². The fourth-order valence-corrected chi connectivity index (χ4v) is 6.51.